The zero-order valence-corrected chi connectivity index (χ0v) is 14.9. The third-order valence-electron chi connectivity index (χ3n) is 4.02. The van der Waals surface area contributed by atoms with Crippen molar-refractivity contribution in [3.63, 3.8) is 0 Å². The number of fused-ring (bicyclic) bond motifs is 1. The van der Waals surface area contributed by atoms with E-state index in [0.29, 0.717) is 31.1 Å². The summed E-state index contributed by atoms with van der Waals surface area (Å²) in [7, 11) is 1.64. The van der Waals surface area contributed by atoms with Gasteiger partial charge < -0.3 is 24.5 Å². The Labute approximate surface area is 152 Å². The van der Waals surface area contributed by atoms with E-state index in [4.69, 9.17) is 19.9 Å². The summed E-state index contributed by atoms with van der Waals surface area (Å²) in [5.41, 5.74) is 9.24. The topological polar surface area (TPSA) is 75.7 Å². The molecule has 3 aromatic rings. The molecule has 1 aromatic heterocycles. The zero-order valence-electron chi connectivity index (χ0n) is 14.9. The molecule has 0 unspecified atom stereocenters. The van der Waals surface area contributed by atoms with Crippen LogP contribution in [0.25, 0.3) is 16.6 Å². The molecule has 0 radical (unpaired) electrons. The van der Waals surface area contributed by atoms with E-state index >= 15 is 0 Å². The molecule has 0 aliphatic heterocycles. The van der Waals surface area contributed by atoms with Crippen molar-refractivity contribution in [2.75, 3.05) is 32.7 Å². The van der Waals surface area contributed by atoms with Gasteiger partial charge in [-0.1, -0.05) is 0 Å². The van der Waals surface area contributed by atoms with Crippen LogP contribution in [0.15, 0.2) is 48.7 Å². The lowest BCUT2D eigenvalue weighted by Gasteiger charge is -2.08. The number of ether oxygens (including phenoxy) is 3. The van der Waals surface area contributed by atoms with E-state index in [-0.39, 0.29) is 5.97 Å². The van der Waals surface area contributed by atoms with Gasteiger partial charge in [0, 0.05) is 24.4 Å². The molecule has 136 valence electrons. The number of methoxy groups -OCH3 is 1. The summed E-state index contributed by atoms with van der Waals surface area (Å²) < 4.78 is 17.6. The van der Waals surface area contributed by atoms with Crippen LogP contribution in [0.4, 0.5) is 5.69 Å². The Balaban J connectivity index is 1.89. The van der Waals surface area contributed by atoms with Crippen LogP contribution in [0.3, 0.4) is 0 Å². The number of hydrogen-bond acceptors (Lipinski definition) is 5. The summed E-state index contributed by atoms with van der Waals surface area (Å²) >= 11 is 0. The summed E-state index contributed by atoms with van der Waals surface area (Å²) in [6.07, 6.45) is 1.86. The minimum Gasteiger partial charge on any atom is -0.491 e. The van der Waals surface area contributed by atoms with Crippen LogP contribution >= 0.6 is 0 Å². The Morgan fingerprint density at radius 2 is 1.88 bits per heavy atom. The molecule has 6 heteroatoms. The van der Waals surface area contributed by atoms with Crippen molar-refractivity contribution in [3.8, 4) is 11.4 Å². The molecule has 0 atom stereocenters. The second-order valence-electron chi connectivity index (χ2n) is 5.74. The van der Waals surface area contributed by atoms with Gasteiger partial charge in [0.25, 0.3) is 0 Å². The molecule has 6 nitrogen and oxygen atoms in total. The lowest BCUT2D eigenvalue weighted by atomic mass is 10.2. The molecule has 2 N–H and O–H groups in total. The Hall–Kier alpha value is -2.99. The summed E-state index contributed by atoms with van der Waals surface area (Å²) in [6, 6.07) is 13.0. The number of aromatic nitrogens is 1. The molecule has 1 heterocycles. The molecular formula is C20H22N2O4. The van der Waals surface area contributed by atoms with E-state index < -0.39 is 0 Å². The number of anilines is 1. The number of rotatable bonds is 7. The molecule has 0 bridgehead atoms. The van der Waals surface area contributed by atoms with Gasteiger partial charge in [0.1, 0.15) is 12.4 Å². The number of hydrogen-bond donors (Lipinski definition) is 1. The van der Waals surface area contributed by atoms with E-state index in [1.54, 1.807) is 26.2 Å². The maximum Gasteiger partial charge on any atom is 0.338 e. The third-order valence-corrected chi connectivity index (χ3v) is 4.02. The average molecular weight is 354 g/mol. The predicted molar refractivity (Wildman–Crippen MR) is 101 cm³/mol. The number of benzene rings is 2. The zero-order chi connectivity index (χ0) is 18.5. The first-order valence-corrected chi connectivity index (χ1v) is 8.44. The van der Waals surface area contributed by atoms with Gasteiger partial charge in [0.15, 0.2) is 0 Å². The molecule has 0 aliphatic rings. The molecule has 3 rings (SSSR count). The minimum absolute atomic E-state index is 0.325. The third kappa shape index (κ3) is 3.65. The van der Waals surface area contributed by atoms with E-state index in [1.165, 1.54) is 0 Å². The second-order valence-corrected chi connectivity index (χ2v) is 5.74. The fourth-order valence-electron chi connectivity index (χ4n) is 2.75. The van der Waals surface area contributed by atoms with Crippen molar-refractivity contribution in [1.82, 2.24) is 4.57 Å². The van der Waals surface area contributed by atoms with Crippen LogP contribution in [-0.2, 0) is 9.47 Å². The second kappa shape index (κ2) is 7.93. The summed E-state index contributed by atoms with van der Waals surface area (Å²) in [6.45, 7) is 3.15. The molecule has 2 aromatic carbocycles. The highest BCUT2D eigenvalue weighted by atomic mass is 16.5. The highest BCUT2D eigenvalue weighted by Gasteiger charge is 2.11. The van der Waals surface area contributed by atoms with Gasteiger partial charge in [0.05, 0.1) is 30.0 Å². The van der Waals surface area contributed by atoms with E-state index in [1.807, 2.05) is 41.1 Å². The van der Waals surface area contributed by atoms with Crippen LogP contribution in [0.2, 0.25) is 0 Å². The van der Waals surface area contributed by atoms with Gasteiger partial charge in [-0.05, 0) is 49.4 Å². The van der Waals surface area contributed by atoms with Crippen LogP contribution in [0.1, 0.15) is 17.3 Å². The SMILES string of the molecule is CCOC(=O)c1ccc(-n2cc(N)c3cc(OCCOC)ccc32)cc1. The standard InChI is InChI=1S/C20H22N2O4/c1-3-25-20(23)14-4-6-15(7-5-14)22-13-18(21)17-12-16(8-9-19(17)22)26-11-10-24-2/h4-9,12-13H,3,10-11,21H2,1-2H3. The van der Waals surface area contributed by atoms with Crippen molar-refractivity contribution >= 4 is 22.6 Å². The lowest BCUT2D eigenvalue weighted by Crippen LogP contribution is -2.04. The van der Waals surface area contributed by atoms with Gasteiger partial charge in [-0.3, -0.25) is 0 Å². The molecule has 0 fully saturated rings. The van der Waals surface area contributed by atoms with Crippen LogP contribution in [0.5, 0.6) is 5.75 Å². The summed E-state index contributed by atoms with van der Waals surface area (Å²) in [5.74, 6) is 0.422. The average Bonchev–Trinajstić information content (AvgIpc) is 2.99. The van der Waals surface area contributed by atoms with Gasteiger partial charge in [-0.25, -0.2) is 4.79 Å². The van der Waals surface area contributed by atoms with Crippen molar-refractivity contribution in [2.45, 2.75) is 6.92 Å². The maximum absolute atomic E-state index is 11.8. The largest absolute Gasteiger partial charge is 0.491 e. The Bertz CT molecular complexity index is 900. The van der Waals surface area contributed by atoms with Crippen LogP contribution in [-0.4, -0.2) is 37.5 Å². The number of carbonyl (C=O) groups is 1. The Morgan fingerprint density at radius 1 is 1.12 bits per heavy atom. The Morgan fingerprint density at radius 3 is 2.58 bits per heavy atom. The van der Waals surface area contributed by atoms with Crippen LogP contribution < -0.4 is 10.5 Å². The fourth-order valence-corrected chi connectivity index (χ4v) is 2.75. The molecule has 0 amide bonds. The first-order chi connectivity index (χ1) is 12.6. The van der Waals surface area contributed by atoms with Crippen molar-refractivity contribution in [3.05, 3.63) is 54.2 Å². The Kier molecular flexibility index (Phi) is 5.43. The molecule has 0 spiro atoms. The summed E-state index contributed by atoms with van der Waals surface area (Å²) in [4.78, 5) is 11.8. The molecule has 26 heavy (non-hydrogen) atoms. The van der Waals surface area contributed by atoms with E-state index in [2.05, 4.69) is 0 Å². The van der Waals surface area contributed by atoms with E-state index in [0.717, 1.165) is 22.3 Å². The number of nitrogens with zero attached hydrogens (tertiary/aromatic N) is 1. The minimum atomic E-state index is -0.325. The first kappa shape index (κ1) is 17.8. The number of nitrogen functional groups attached to an aromatic ring is 1. The number of carbonyl (C=O) groups excluding carboxylic acids is 1. The summed E-state index contributed by atoms with van der Waals surface area (Å²) in [5, 5.41) is 0.911. The normalized spacial score (nSPS) is 10.8. The fraction of sp³-hybridized carbons (Fsp3) is 0.250. The van der Waals surface area contributed by atoms with Gasteiger partial charge in [-0.2, -0.15) is 0 Å². The van der Waals surface area contributed by atoms with Gasteiger partial charge >= 0.3 is 5.97 Å². The lowest BCUT2D eigenvalue weighted by molar-refractivity contribution is 0.0526. The smallest absolute Gasteiger partial charge is 0.338 e. The van der Waals surface area contributed by atoms with Crippen molar-refractivity contribution in [1.29, 1.82) is 0 Å². The predicted octanol–water partition coefficient (Wildman–Crippen LogP) is 3.41. The van der Waals surface area contributed by atoms with Crippen molar-refractivity contribution in [2.24, 2.45) is 0 Å². The molecule has 0 aliphatic carbocycles. The molecule has 0 saturated heterocycles. The first-order valence-electron chi connectivity index (χ1n) is 8.44. The highest BCUT2D eigenvalue weighted by Crippen LogP contribution is 2.30. The van der Waals surface area contributed by atoms with Gasteiger partial charge in [-0.15, -0.1) is 0 Å². The molecular weight excluding hydrogens is 332 g/mol. The van der Waals surface area contributed by atoms with Crippen LogP contribution in [0, 0.1) is 0 Å². The quantitative estimate of drug-likeness (QED) is 0.520. The maximum atomic E-state index is 11.8. The monoisotopic (exact) mass is 354 g/mol. The van der Waals surface area contributed by atoms with Gasteiger partial charge in [0.2, 0.25) is 0 Å². The number of nitrogens with two attached hydrogens (primary N) is 1. The molecule has 0 saturated carbocycles. The van der Waals surface area contributed by atoms with E-state index in [9.17, 15) is 4.79 Å². The highest BCUT2D eigenvalue weighted by molar-refractivity contribution is 5.94. The van der Waals surface area contributed by atoms with Crippen molar-refractivity contribution < 1.29 is 19.0 Å². The number of esters is 1.